The first-order valence-electron chi connectivity index (χ1n) is 2.62. The molecule has 0 spiro atoms. The van der Waals surface area contributed by atoms with E-state index in [4.69, 9.17) is 0 Å². The van der Waals surface area contributed by atoms with Crippen LogP contribution in [0.1, 0.15) is 13.3 Å². The Morgan fingerprint density at radius 3 is 2.50 bits per heavy atom. The fraction of sp³-hybridized carbons (Fsp3) is 0.750. The van der Waals surface area contributed by atoms with Crippen LogP contribution in [-0.4, -0.2) is 17.7 Å². The second-order valence-corrected chi connectivity index (χ2v) is 6.03. The summed E-state index contributed by atoms with van der Waals surface area (Å²) in [7, 11) is -2.33. The van der Waals surface area contributed by atoms with Gasteiger partial charge in [0, 0.05) is 0 Å². The molecule has 0 aromatic carbocycles. The van der Waals surface area contributed by atoms with Crippen LogP contribution >= 0.6 is 34.7 Å². The summed E-state index contributed by atoms with van der Waals surface area (Å²) in [4.78, 5) is 0. The summed E-state index contributed by atoms with van der Waals surface area (Å²) < 4.78 is 21.9. The topological polar surface area (TPSA) is 34.1 Å². The van der Waals surface area contributed by atoms with Gasteiger partial charge in [0.15, 0.2) is 13.4 Å². The largest absolute Gasteiger partial charge is 0.222 e. The first-order chi connectivity index (χ1) is 4.54. The Hall–Kier alpha value is 0.740. The third-order valence-electron chi connectivity index (χ3n) is 0.801. The molecule has 0 aromatic rings. The molecule has 60 valence electrons. The molecule has 0 rings (SSSR count). The Bertz CT molecular complexity index is 205. The minimum atomic E-state index is -3.14. The van der Waals surface area contributed by atoms with E-state index in [0.717, 1.165) is 10.8 Å². The molecule has 0 amide bonds. The van der Waals surface area contributed by atoms with E-state index < -0.39 is 9.84 Å². The van der Waals surface area contributed by atoms with Crippen molar-refractivity contribution in [2.24, 2.45) is 0 Å². The van der Waals surface area contributed by atoms with Crippen LogP contribution in [0.2, 0.25) is 0 Å². The Morgan fingerprint density at radius 2 is 2.20 bits per heavy atom. The molecule has 0 aliphatic heterocycles. The Balaban J connectivity index is 4.27. The van der Waals surface area contributed by atoms with E-state index >= 15 is 0 Å². The van der Waals surface area contributed by atoms with Crippen LogP contribution < -0.4 is 0 Å². The van der Waals surface area contributed by atoms with Crippen LogP contribution in [-0.2, 0) is 9.84 Å². The van der Waals surface area contributed by atoms with E-state index in [0.29, 0.717) is 6.42 Å². The lowest BCUT2D eigenvalue weighted by Gasteiger charge is -1.98. The predicted molar refractivity (Wildman–Crippen MR) is 53.3 cm³/mol. The summed E-state index contributed by atoms with van der Waals surface area (Å²) in [5.41, 5.74) is 0. The summed E-state index contributed by atoms with van der Waals surface area (Å²) in [6.45, 7) is 1.79. The minimum Gasteiger partial charge on any atom is -0.222 e. The Morgan fingerprint density at radius 1 is 1.70 bits per heavy atom. The van der Waals surface area contributed by atoms with Crippen molar-refractivity contribution < 1.29 is 8.42 Å². The maximum Gasteiger partial charge on any atom is 0.195 e. The number of thiol groups is 1. The summed E-state index contributed by atoms with van der Waals surface area (Å²) in [6, 6.07) is 0. The average molecular weight is 216 g/mol. The van der Waals surface area contributed by atoms with Crippen molar-refractivity contribution in [1.29, 1.82) is 0 Å². The van der Waals surface area contributed by atoms with Gasteiger partial charge in [-0.05, 0) is 17.2 Å². The highest BCUT2D eigenvalue weighted by molar-refractivity contribution is 8.81. The standard InChI is InChI=1S/C4H8O2S4/c1-2-3-10(5,6)4(7)9-8/h8H,2-3H2,1H3. The molecule has 0 aliphatic carbocycles. The number of rotatable bonds is 2. The lowest BCUT2D eigenvalue weighted by Crippen LogP contribution is -2.11. The van der Waals surface area contributed by atoms with Crippen molar-refractivity contribution in [3.8, 4) is 0 Å². The Labute approximate surface area is 75.5 Å². The van der Waals surface area contributed by atoms with Gasteiger partial charge in [-0.3, -0.25) is 0 Å². The molecule has 0 heterocycles. The van der Waals surface area contributed by atoms with Crippen LogP contribution in [0.25, 0.3) is 0 Å². The van der Waals surface area contributed by atoms with Crippen LogP contribution in [0.5, 0.6) is 0 Å². The molecule has 0 bridgehead atoms. The van der Waals surface area contributed by atoms with E-state index in [1.54, 1.807) is 6.92 Å². The number of hydrogen-bond acceptors (Lipinski definition) is 5. The van der Waals surface area contributed by atoms with Gasteiger partial charge in [-0.15, -0.1) is 11.7 Å². The van der Waals surface area contributed by atoms with Gasteiger partial charge in [-0.25, -0.2) is 8.42 Å². The summed E-state index contributed by atoms with van der Waals surface area (Å²) in [6.07, 6.45) is 0.594. The normalized spacial score (nSPS) is 11.4. The van der Waals surface area contributed by atoms with Gasteiger partial charge in [-0.1, -0.05) is 19.1 Å². The zero-order chi connectivity index (χ0) is 8.20. The smallest absolute Gasteiger partial charge is 0.195 e. The zero-order valence-electron chi connectivity index (χ0n) is 5.40. The first kappa shape index (κ1) is 10.7. The summed E-state index contributed by atoms with van der Waals surface area (Å²) >= 11 is 8.25. The minimum absolute atomic E-state index is 0.0299. The molecular formula is C4H8O2S4. The highest BCUT2D eigenvalue weighted by Crippen LogP contribution is 2.15. The van der Waals surface area contributed by atoms with E-state index in [2.05, 4.69) is 23.9 Å². The average Bonchev–Trinajstić information content (AvgIpc) is 1.86. The molecule has 0 saturated heterocycles. The molecular weight excluding hydrogens is 208 g/mol. The van der Waals surface area contributed by atoms with Gasteiger partial charge in [0.2, 0.25) is 0 Å². The van der Waals surface area contributed by atoms with Crippen LogP contribution in [0.3, 0.4) is 0 Å². The number of hydrogen-bond donors (Lipinski definition) is 1. The van der Waals surface area contributed by atoms with Gasteiger partial charge in [0.05, 0.1) is 5.75 Å². The summed E-state index contributed by atoms with van der Waals surface area (Å²) in [5, 5.41) is 0. The molecule has 0 N–H and O–H groups in total. The van der Waals surface area contributed by atoms with Crippen molar-refractivity contribution in [3.05, 3.63) is 0 Å². The molecule has 0 aliphatic rings. The molecule has 0 atom stereocenters. The zero-order valence-corrected chi connectivity index (χ0v) is 8.75. The van der Waals surface area contributed by atoms with E-state index in [9.17, 15) is 8.42 Å². The molecule has 0 unspecified atom stereocenters. The maximum absolute atomic E-state index is 11.0. The molecule has 0 radical (unpaired) electrons. The van der Waals surface area contributed by atoms with Gasteiger partial charge in [0.1, 0.15) is 0 Å². The highest BCUT2D eigenvalue weighted by atomic mass is 33.1. The molecule has 2 nitrogen and oxygen atoms in total. The quantitative estimate of drug-likeness (QED) is 0.432. The SMILES string of the molecule is CCCS(=O)(=O)C(=S)SS. The fourth-order valence-electron chi connectivity index (χ4n) is 0.409. The highest BCUT2D eigenvalue weighted by Gasteiger charge is 2.15. The van der Waals surface area contributed by atoms with Crippen molar-refractivity contribution in [2.45, 2.75) is 13.3 Å². The lowest BCUT2D eigenvalue weighted by atomic mass is 10.6. The van der Waals surface area contributed by atoms with Crippen molar-refractivity contribution in [1.82, 2.24) is 0 Å². The lowest BCUT2D eigenvalue weighted by molar-refractivity contribution is 0.607. The molecule has 0 saturated carbocycles. The van der Waals surface area contributed by atoms with Crippen molar-refractivity contribution >= 4 is 48.0 Å². The van der Waals surface area contributed by atoms with Crippen LogP contribution in [0.15, 0.2) is 0 Å². The monoisotopic (exact) mass is 216 g/mol. The second-order valence-electron chi connectivity index (χ2n) is 1.66. The number of thiocarbonyl (C=S) groups is 1. The third-order valence-corrected chi connectivity index (χ3v) is 5.72. The van der Waals surface area contributed by atoms with Crippen LogP contribution in [0.4, 0.5) is 0 Å². The third kappa shape index (κ3) is 3.23. The second kappa shape index (κ2) is 4.58. The first-order valence-corrected chi connectivity index (χ1v) is 6.55. The molecule has 0 aromatic heterocycles. The van der Waals surface area contributed by atoms with Gasteiger partial charge in [0.25, 0.3) is 0 Å². The van der Waals surface area contributed by atoms with E-state index in [-0.39, 0.29) is 9.28 Å². The van der Waals surface area contributed by atoms with Gasteiger partial charge >= 0.3 is 0 Å². The van der Waals surface area contributed by atoms with Crippen LogP contribution in [0, 0.1) is 0 Å². The van der Waals surface area contributed by atoms with E-state index in [1.807, 2.05) is 0 Å². The number of sulfone groups is 1. The van der Waals surface area contributed by atoms with Gasteiger partial charge in [-0.2, -0.15) is 0 Å². The molecule has 0 fully saturated rings. The summed E-state index contributed by atoms with van der Waals surface area (Å²) in [5.74, 6) is 0.124. The van der Waals surface area contributed by atoms with E-state index in [1.165, 1.54) is 0 Å². The predicted octanol–water partition coefficient (Wildman–Crippen LogP) is 1.67. The maximum atomic E-state index is 11.0. The fourth-order valence-corrected chi connectivity index (χ4v) is 3.09. The Kier molecular flexibility index (Phi) is 4.92. The molecule has 10 heavy (non-hydrogen) atoms. The molecule has 6 heteroatoms. The van der Waals surface area contributed by atoms with Crippen molar-refractivity contribution in [3.63, 3.8) is 0 Å². The van der Waals surface area contributed by atoms with Gasteiger partial charge < -0.3 is 0 Å². The van der Waals surface area contributed by atoms with Crippen molar-refractivity contribution in [2.75, 3.05) is 5.75 Å².